The molecule has 1 aliphatic rings. The number of hydrogen-bond donors (Lipinski definition) is 3. The second kappa shape index (κ2) is 7.69. The van der Waals surface area contributed by atoms with Crippen molar-refractivity contribution in [2.24, 2.45) is 4.99 Å². The number of nitrogens with one attached hydrogen (secondary N) is 1. The molecule has 9 heteroatoms. The zero-order valence-electron chi connectivity index (χ0n) is 14.9. The van der Waals surface area contributed by atoms with Crippen LogP contribution >= 0.6 is 23.2 Å². The zero-order chi connectivity index (χ0) is 21.3. The van der Waals surface area contributed by atoms with Crippen LogP contribution in [0.5, 0.6) is 0 Å². The number of rotatable bonds is 5. The highest BCUT2D eigenvalue weighted by Crippen LogP contribution is 2.38. The maximum absolute atomic E-state index is 12.5. The molecule has 1 aliphatic heterocycles. The van der Waals surface area contributed by atoms with Gasteiger partial charge in [0.1, 0.15) is 0 Å². The lowest BCUT2D eigenvalue weighted by Gasteiger charge is -2.25. The van der Waals surface area contributed by atoms with E-state index >= 15 is 0 Å². The molecule has 0 aliphatic carbocycles. The minimum absolute atomic E-state index is 0.112. The molecule has 1 unspecified atom stereocenters. The molecule has 2 aromatic carbocycles. The number of benzene rings is 2. The van der Waals surface area contributed by atoms with E-state index in [2.05, 4.69) is 10.3 Å². The van der Waals surface area contributed by atoms with Crippen molar-refractivity contribution >= 4 is 52.3 Å². The van der Waals surface area contributed by atoms with Crippen LogP contribution in [0.25, 0.3) is 5.57 Å². The van der Waals surface area contributed by atoms with Crippen LogP contribution in [0.4, 0.5) is 5.69 Å². The van der Waals surface area contributed by atoms with Crippen LogP contribution in [-0.2, 0) is 19.9 Å². The zero-order valence-corrected chi connectivity index (χ0v) is 16.5. The third-order valence-corrected chi connectivity index (χ3v) is 5.03. The minimum atomic E-state index is -1.95. The monoisotopic (exact) mass is 432 g/mol. The Labute approximate surface area is 174 Å². The molecule has 1 heterocycles. The second-order valence-electron chi connectivity index (χ2n) is 6.26. The van der Waals surface area contributed by atoms with E-state index in [1.54, 1.807) is 12.1 Å². The summed E-state index contributed by atoms with van der Waals surface area (Å²) in [5.74, 6) is -2.91. The SMILES string of the molecule is CC(=O)Nc1cccc(C2(C(=O)O)N=c3cc(Cl)c(Cl)cc3=C2C=CC(=O)O)c1. The number of hydrogen-bond acceptors (Lipinski definition) is 4. The molecule has 0 fully saturated rings. The molecule has 7 nitrogen and oxygen atoms in total. The van der Waals surface area contributed by atoms with Gasteiger partial charge in [0.15, 0.2) is 0 Å². The van der Waals surface area contributed by atoms with Gasteiger partial charge in [0.05, 0.1) is 15.4 Å². The normalized spacial score (nSPS) is 17.7. The van der Waals surface area contributed by atoms with Crippen molar-refractivity contribution in [3.8, 4) is 0 Å². The number of carboxylic acid groups (broad SMARTS) is 2. The van der Waals surface area contributed by atoms with Crippen LogP contribution in [0.15, 0.2) is 53.5 Å². The Morgan fingerprint density at radius 3 is 2.41 bits per heavy atom. The fourth-order valence-electron chi connectivity index (χ4n) is 3.18. The van der Waals surface area contributed by atoms with Crippen LogP contribution in [0, 0.1) is 0 Å². The third kappa shape index (κ3) is 3.74. The first-order chi connectivity index (χ1) is 13.6. The average molecular weight is 433 g/mol. The number of carboxylic acids is 2. The maximum Gasteiger partial charge on any atom is 0.341 e. The first-order valence-electron chi connectivity index (χ1n) is 8.27. The van der Waals surface area contributed by atoms with Gasteiger partial charge in [-0.05, 0) is 35.9 Å². The third-order valence-electron chi connectivity index (χ3n) is 4.31. The number of amides is 1. The first-order valence-corrected chi connectivity index (χ1v) is 9.03. The summed E-state index contributed by atoms with van der Waals surface area (Å²) in [5.41, 5.74) is -1.23. The molecule has 3 N–H and O–H groups in total. The van der Waals surface area contributed by atoms with E-state index in [4.69, 9.17) is 28.3 Å². The molecule has 0 saturated heterocycles. The predicted octanol–water partition coefficient (Wildman–Crippen LogP) is 2.36. The Bertz CT molecular complexity index is 1210. The van der Waals surface area contributed by atoms with Crippen LogP contribution in [0.1, 0.15) is 12.5 Å². The van der Waals surface area contributed by atoms with E-state index < -0.39 is 17.5 Å². The molecule has 29 heavy (non-hydrogen) atoms. The van der Waals surface area contributed by atoms with Crippen molar-refractivity contribution in [1.29, 1.82) is 0 Å². The fourth-order valence-corrected chi connectivity index (χ4v) is 3.50. The number of anilines is 1. The Kier molecular flexibility index (Phi) is 5.46. The quantitative estimate of drug-likeness (QED) is 0.627. The molecule has 2 aromatic rings. The van der Waals surface area contributed by atoms with Crippen molar-refractivity contribution < 1.29 is 24.6 Å². The van der Waals surface area contributed by atoms with Crippen molar-refractivity contribution in [3.63, 3.8) is 0 Å². The van der Waals surface area contributed by atoms with Gasteiger partial charge in [-0.15, -0.1) is 0 Å². The molecular weight excluding hydrogens is 419 g/mol. The molecule has 0 aromatic heterocycles. The van der Waals surface area contributed by atoms with E-state index in [1.165, 1.54) is 37.3 Å². The van der Waals surface area contributed by atoms with Crippen LogP contribution < -0.4 is 15.9 Å². The number of aliphatic carboxylic acids is 2. The van der Waals surface area contributed by atoms with Gasteiger partial charge in [0.25, 0.3) is 0 Å². The van der Waals surface area contributed by atoms with Gasteiger partial charge in [0, 0.05) is 29.5 Å². The van der Waals surface area contributed by atoms with E-state index in [-0.39, 0.29) is 32.4 Å². The molecule has 1 atom stereocenters. The number of carbonyl (C=O) groups is 3. The number of nitrogens with zero attached hydrogens (tertiary/aromatic N) is 1. The summed E-state index contributed by atoms with van der Waals surface area (Å²) in [6.45, 7) is 1.33. The maximum atomic E-state index is 12.5. The lowest BCUT2D eigenvalue weighted by Crippen LogP contribution is -2.34. The summed E-state index contributed by atoms with van der Waals surface area (Å²) >= 11 is 12.2. The van der Waals surface area contributed by atoms with Crippen LogP contribution in [0.2, 0.25) is 10.0 Å². The minimum Gasteiger partial charge on any atom is -0.479 e. The molecular formula is C20H14Cl2N2O5. The predicted molar refractivity (Wildman–Crippen MR) is 107 cm³/mol. The van der Waals surface area contributed by atoms with Crippen LogP contribution in [-0.4, -0.2) is 28.1 Å². The number of fused-ring (bicyclic) bond motifs is 1. The summed E-state index contributed by atoms with van der Waals surface area (Å²) in [5, 5.41) is 22.8. The average Bonchev–Trinajstić information content (AvgIpc) is 2.94. The van der Waals surface area contributed by atoms with Gasteiger partial charge in [-0.3, -0.25) is 9.79 Å². The van der Waals surface area contributed by atoms with E-state index in [0.29, 0.717) is 10.9 Å². The van der Waals surface area contributed by atoms with Gasteiger partial charge in [-0.2, -0.15) is 0 Å². The molecule has 1 amide bonds. The van der Waals surface area contributed by atoms with Gasteiger partial charge < -0.3 is 15.5 Å². The smallest absolute Gasteiger partial charge is 0.341 e. The summed E-state index contributed by atoms with van der Waals surface area (Å²) in [6, 6.07) is 9.06. The van der Waals surface area contributed by atoms with Gasteiger partial charge in [0.2, 0.25) is 11.4 Å². The molecule has 0 spiro atoms. The van der Waals surface area contributed by atoms with Crippen molar-refractivity contribution in [1.82, 2.24) is 0 Å². The summed E-state index contributed by atoms with van der Waals surface area (Å²) in [4.78, 5) is 39.4. The molecule has 0 radical (unpaired) electrons. The highest BCUT2D eigenvalue weighted by atomic mass is 35.5. The highest BCUT2D eigenvalue weighted by Gasteiger charge is 2.46. The lowest BCUT2D eigenvalue weighted by molar-refractivity contribution is -0.141. The van der Waals surface area contributed by atoms with Gasteiger partial charge in [-0.25, -0.2) is 9.59 Å². The molecule has 0 bridgehead atoms. The van der Waals surface area contributed by atoms with E-state index in [1.807, 2.05) is 0 Å². The summed E-state index contributed by atoms with van der Waals surface area (Å²) < 4.78 is 0. The fraction of sp³-hybridized carbons (Fsp3) is 0.100. The summed E-state index contributed by atoms with van der Waals surface area (Å²) in [7, 11) is 0. The summed E-state index contributed by atoms with van der Waals surface area (Å²) in [6.07, 6.45) is 2.01. The van der Waals surface area contributed by atoms with Crippen LogP contribution in [0.3, 0.4) is 0 Å². The Morgan fingerprint density at radius 1 is 1.10 bits per heavy atom. The van der Waals surface area contributed by atoms with Crippen molar-refractivity contribution in [3.05, 3.63) is 74.7 Å². The van der Waals surface area contributed by atoms with Gasteiger partial charge in [-0.1, -0.05) is 35.3 Å². The Balaban J connectivity index is 2.38. The standard InChI is InChI=1S/C20H14Cl2N2O5/c1-10(25)23-12-4-2-3-11(7-12)20(19(28)29)14(5-6-18(26)27)13-8-15(21)16(22)9-17(13)24-20/h2-9H,1H3,(H,23,25)(H,26,27)(H,28,29). The number of carbonyl (C=O) groups excluding carboxylic acids is 1. The second-order valence-corrected chi connectivity index (χ2v) is 7.07. The first kappa shape index (κ1) is 20.6. The van der Waals surface area contributed by atoms with Crippen molar-refractivity contribution in [2.45, 2.75) is 12.5 Å². The molecule has 148 valence electrons. The topological polar surface area (TPSA) is 116 Å². The van der Waals surface area contributed by atoms with E-state index in [0.717, 1.165) is 6.08 Å². The van der Waals surface area contributed by atoms with Gasteiger partial charge >= 0.3 is 11.9 Å². The number of halogens is 2. The van der Waals surface area contributed by atoms with Crippen molar-refractivity contribution in [2.75, 3.05) is 5.32 Å². The lowest BCUT2D eigenvalue weighted by atomic mass is 9.82. The van der Waals surface area contributed by atoms with E-state index in [9.17, 15) is 19.5 Å². The largest absolute Gasteiger partial charge is 0.479 e. The Hall–Kier alpha value is -3.16. The molecule has 0 saturated carbocycles. The molecule has 3 rings (SSSR count). The Morgan fingerprint density at radius 2 is 1.79 bits per heavy atom. The highest BCUT2D eigenvalue weighted by molar-refractivity contribution is 6.42.